The molecule has 0 aliphatic heterocycles. The molecule has 0 radical (unpaired) electrons. The predicted octanol–water partition coefficient (Wildman–Crippen LogP) is 4.97. The molecule has 3 aliphatic rings. The minimum Gasteiger partial charge on any atom is -0.507 e. The zero-order chi connectivity index (χ0) is 34.6. The van der Waals surface area contributed by atoms with Crippen LogP contribution >= 0.6 is 0 Å². The lowest BCUT2D eigenvalue weighted by atomic mass is 9.57. The lowest BCUT2D eigenvalue weighted by Gasteiger charge is -2.49. The van der Waals surface area contributed by atoms with E-state index >= 15 is 0 Å². The molecule has 1 aromatic heterocycles. The molecule has 49 heavy (non-hydrogen) atoms. The standard InChI is InChI=1S/C38H37N3O8/c1-40(2)31-24(18-42)17-27(47-19-21-11-7-5-8-12-21)29-25(31)15-23-16-26-32(41(3)4)34-30(36(45)38(26,46)35(44)28(23)33(29)43)37(39-49-34)48-20-22-13-9-6-10-14-22/h5-14,17-18,23,26,32,43,46H,15-16,19-20H2,1-4H3/t23-,26-,32-,38-/m0/s1. The number of aliphatic hydroxyl groups is 2. The van der Waals surface area contributed by atoms with Crippen LogP contribution in [0.25, 0.3) is 5.76 Å². The Morgan fingerprint density at radius 1 is 0.939 bits per heavy atom. The number of benzene rings is 3. The molecule has 3 aliphatic carbocycles. The van der Waals surface area contributed by atoms with Gasteiger partial charge >= 0.3 is 0 Å². The number of hydrogen-bond donors (Lipinski definition) is 2. The molecule has 0 spiro atoms. The van der Waals surface area contributed by atoms with Gasteiger partial charge in [-0.3, -0.25) is 19.3 Å². The van der Waals surface area contributed by atoms with Crippen molar-refractivity contribution in [1.29, 1.82) is 0 Å². The van der Waals surface area contributed by atoms with E-state index in [2.05, 4.69) is 5.16 Å². The second-order valence-electron chi connectivity index (χ2n) is 13.3. The number of aldehydes is 1. The number of rotatable bonds is 9. The minimum atomic E-state index is -2.53. The highest BCUT2D eigenvalue weighted by Gasteiger charge is 2.65. The fourth-order valence-electron chi connectivity index (χ4n) is 7.79. The topological polar surface area (TPSA) is 143 Å². The summed E-state index contributed by atoms with van der Waals surface area (Å²) in [4.78, 5) is 45.0. The number of carbonyl (C=O) groups is 3. The molecule has 11 nitrogen and oxygen atoms in total. The van der Waals surface area contributed by atoms with Crippen LogP contribution in [0.1, 0.15) is 61.2 Å². The summed E-state index contributed by atoms with van der Waals surface area (Å²) in [6.45, 7) is 0.229. The van der Waals surface area contributed by atoms with Crippen molar-refractivity contribution in [3.63, 3.8) is 0 Å². The third-order valence-corrected chi connectivity index (χ3v) is 9.91. The molecule has 252 valence electrons. The van der Waals surface area contributed by atoms with E-state index in [0.717, 1.165) is 17.4 Å². The van der Waals surface area contributed by atoms with Gasteiger partial charge < -0.3 is 29.1 Å². The number of ketones is 2. The smallest absolute Gasteiger partial charge is 0.265 e. The van der Waals surface area contributed by atoms with Crippen molar-refractivity contribution >= 4 is 29.3 Å². The number of anilines is 1. The molecule has 0 saturated heterocycles. The summed E-state index contributed by atoms with van der Waals surface area (Å²) in [7, 11) is 7.16. The Morgan fingerprint density at radius 2 is 1.57 bits per heavy atom. The van der Waals surface area contributed by atoms with Gasteiger partial charge in [-0.05, 0) is 60.8 Å². The van der Waals surface area contributed by atoms with Crippen LogP contribution < -0.4 is 14.4 Å². The number of carbonyl (C=O) groups excluding carboxylic acids is 3. The first kappa shape index (κ1) is 32.3. The molecule has 1 fully saturated rings. The lowest BCUT2D eigenvalue weighted by Crippen LogP contribution is -2.63. The molecule has 4 atom stereocenters. The molecule has 1 heterocycles. The van der Waals surface area contributed by atoms with Crippen LogP contribution in [-0.2, 0) is 24.4 Å². The van der Waals surface area contributed by atoms with E-state index < -0.39 is 35.0 Å². The van der Waals surface area contributed by atoms with Crippen molar-refractivity contribution in [1.82, 2.24) is 10.1 Å². The minimum absolute atomic E-state index is 0.0446. The molecule has 3 aromatic carbocycles. The van der Waals surface area contributed by atoms with E-state index in [0.29, 0.717) is 16.8 Å². The summed E-state index contributed by atoms with van der Waals surface area (Å²) in [5.41, 5.74) is 0.895. The first-order chi connectivity index (χ1) is 23.6. The first-order valence-electron chi connectivity index (χ1n) is 16.1. The van der Waals surface area contributed by atoms with Crippen LogP contribution in [0.3, 0.4) is 0 Å². The van der Waals surface area contributed by atoms with Gasteiger partial charge in [0, 0.05) is 31.1 Å². The molecule has 11 heteroatoms. The molecule has 0 amide bonds. The second-order valence-corrected chi connectivity index (χ2v) is 13.3. The zero-order valence-electron chi connectivity index (χ0n) is 27.7. The fraction of sp³-hybridized carbons (Fsp3) is 0.316. The molecule has 0 unspecified atom stereocenters. The number of nitrogens with zero attached hydrogens (tertiary/aromatic N) is 3. The number of ether oxygens (including phenoxy) is 2. The third-order valence-electron chi connectivity index (χ3n) is 9.91. The van der Waals surface area contributed by atoms with Crippen molar-refractivity contribution in [2.75, 3.05) is 33.1 Å². The number of Topliss-reactive ketones (excluding diaryl/α,β-unsaturated/α-hetero) is 2. The van der Waals surface area contributed by atoms with Crippen LogP contribution in [0.4, 0.5) is 5.69 Å². The molecular formula is C38H37N3O8. The van der Waals surface area contributed by atoms with Crippen LogP contribution in [0.15, 0.2) is 76.8 Å². The molecular weight excluding hydrogens is 626 g/mol. The van der Waals surface area contributed by atoms with E-state index in [1.807, 2.05) is 60.7 Å². The molecule has 1 saturated carbocycles. The summed E-state index contributed by atoms with van der Waals surface area (Å²) in [5, 5.41) is 28.5. The maximum atomic E-state index is 14.7. The van der Waals surface area contributed by atoms with E-state index in [1.165, 1.54) is 0 Å². The summed E-state index contributed by atoms with van der Waals surface area (Å²) < 4.78 is 17.9. The fourth-order valence-corrected chi connectivity index (χ4v) is 7.79. The second kappa shape index (κ2) is 12.3. The van der Waals surface area contributed by atoms with Gasteiger partial charge in [0.2, 0.25) is 11.6 Å². The SMILES string of the molecule is CN(C)c1c(C=O)cc(OCc2ccccc2)c2c1C[C@H]1C[C@H]3[C@H](N(C)C)c4onc(OCc5ccccc5)c4C(=O)[C@@]3(O)C(=O)C1=C2O. The van der Waals surface area contributed by atoms with Gasteiger partial charge in [0.25, 0.3) is 5.88 Å². The van der Waals surface area contributed by atoms with Crippen LogP contribution in [0.2, 0.25) is 0 Å². The summed E-state index contributed by atoms with van der Waals surface area (Å²) in [6.07, 6.45) is 1.16. The highest BCUT2D eigenvalue weighted by molar-refractivity contribution is 6.26. The van der Waals surface area contributed by atoms with Gasteiger partial charge in [-0.15, -0.1) is 0 Å². The maximum absolute atomic E-state index is 14.7. The van der Waals surface area contributed by atoms with E-state index in [9.17, 15) is 24.6 Å². The maximum Gasteiger partial charge on any atom is 0.265 e. The summed E-state index contributed by atoms with van der Waals surface area (Å²) in [6, 6.07) is 19.6. The van der Waals surface area contributed by atoms with Crippen molar-refractivity contribution in [2.45, 2.75) is 37.7 Å². The normalized spacial score (nSPS) is 22.6. The monoisotopic (exact) mass is 663 g/mol. The Balaban J connectivity index is 1.34. The Hall–Kier alpha value is -5.26. The predicted molar refractivity (Wildman–Crippen MR) is 180 cm³/mol. The van der Waals surface area contributed by atoms with Gasteiger partial charge in [-0.25, -0.2) is 0 Å². The number of fused-ring (bicyclic) bond motifs is 4. The Labute approximate surface area is 283 Å². The van der Waals surface area contributed by atoms with Gasteiger partial charge in [0.05, 0.1) is 17.3 Å². The Bertz CT molecular complexity index is 1980. The summed E-state index contributed by atoms with van der Waals surface area (Å²) in [5.74, 6) is -3.33. The van der Waals surface area contributed by atoms with Crippen molar-refractivity contribution < 1.29 is 38.6 Å². The number of aromatic nitrogens is 1. The molecule has 2 N–H and O–H groups in total. The Kier molecular flexibility index (Phi) is 8.12. The first-order valence-corrected chi connectivity index (χ1v) is 16.1. The van der Waals surface area contributed by atoms with Crippen LogP contribution in [0, 0.1) is 11.8 Å². The lowest BCUT2D eigenvalue weighted by molar-refractivity contribution is -0.142. The van der Waals surface area contributed by atoms with Crippen LogP contribution in [0.5, 0.6) is 11.6 Å². The zero-order valence-corrected chi connectivity index (χ0v) is 27.7. The third kappa shape index (κ3) is 5.12. The van der Waals surface area contributed by atoms with E-state index in [-0.39, 0.29) is 65.9 Å². The number of hydrogen-bond acceptors (Lipinski definition) is 11. The highest BCUT2D eigenvalue weighted by Crippen LogP contribution is 2.57. The molecule has 7 rings (SSSR count). The summed E-state index contributed by atoms with van der Waals surface area (Å²) >= 11 is 0. The van der Waals surface area contributed by atoms with Crippen molar-refractivity contribution in [3.05, 3.63) is 111 Å². The van der Waals surface area contributed by atoms with Crippen molar-refractivity contribution in [2.24, 2.45) is 11.8 Å². The molecule has 0 bridgehead atoms. The van der Waals surface area contributed by atoms with Crippen molar-refractivity contribution in [3.8, 4) is 11.6 Å². The average molecular weight is 664 g/mol. The largest absolute Gasteiger partial charge is 0.507 e. The highest BCUT2D eigenvalue weighted by atomic mass is 16.5. The Morgan fingerprint density at radius 3 is 2.16 bits per heavy atom. The quantitative estimate of drug-likeness (QED) is 0.185. The van der Waals surface area contributed by atoms with Gasteiger partial charge in [0.1, 0.15) is 30.3 Å². The average Bonchev–Trinajstić information content (AvgIpc) is 3.51. The molecule has 4 aromatic rings. The van der Waals surface area contributed by atoms with Gasteiger partial charge in [-0.2, -0.15) is 0 Å². The van der Waals surface area contributed by atoms with Crippen LogP contribution in [-0.4, -0.2) is 71.9 Å². The number of aliphatic hydroxyl groups excluding tert-OH is 1. The van der Waals surface area contributed by atoms with E-state index in [1.54, 1.807) is 44.1 Å². The van der Waals surface area contributed by atoms with E-state index in [4.69, 9.17) is 14.0 Å². The van der Waals surface area contributed by atoms with Gasteiger partial charge in [-0.1, -0.05) is 60.7 Å². The van der Waals surface area contributed by atoms with Gasteiger partial charge in [0.15, 0.2) is 17.6 Å².